The van der Waals surface area contributed by atoms with Crippen molar-refractivity contribution in [2.45, 2.75) is 30.0 Å². The van der Waals surface area contributed by atoms with Crippen LogP contribution in [0.3, 0.4) is 0 Å². The Hall–Kier alpha value is -0.630. The van der Waals surface area contributed by atoms with Crippen LogP contribution >= 0.6 is 11.3 Å². The molecular formula is C10H18N2O3S2. The van der Waals surface area contributed by atoms with Crippen molar-refractivity contribution in [3.63, 3.8) is 0 Å². The number of hydrogen-bond acceptors (Lipinski definition) is 5. The Balaban J connectivity index is 2.69. The Labute approximate surface area is 106 Å². The predicted octanol–water partition coefficient (Wildman–Crippen LogP) is 1.16. The quantitative estimate of drug-likeness (QED) is 0.784. The van der Waals surface area contributed by atoms with Crippen LogP contribution in [0.5, 0.6) is 5.75 Å². The van der Waals surface area contributed by atoms with Crippen LogP contribution < -0.4 is 15.2 Å². The van der Waals surface area contributed by atoms with E-state index in [0.717, 1.165) is 24.2 Å². The van der Waals surface area contributed by atoms with Crippen LogP contribution in [0, 0.1) is 0 Å². The van der Waals surface area contributed by atoms with Gasteiger partial charge in [0.1, 0.15) is 5.75 Å². The Kier molecular flexibility index (Phi) is 5.38. The molecule has 1 rings (SSSR count). The molecule has 0 radical (unpaired) electrons. The first-order valence-electron chi connectivity index (χ1n) is 5.38. The van der Waals surface area contributed by atoms with Crippen molar-refractivity contribution >= 4 is 21.4 Å². The second kappa shape index (κ2) is 6.34. The van der Waals surface area contributed by atoms with Crippen LogP contribution in [0.4, 0.5) is 0 Å². The molecule has 0 aliphatic rings. The lowest BCUT2D eigenvalue weighted by atomic mass is 10.2. The summed E-state index contributed by atoms with van der Waals surface area (Å²) in [7, 11) is -2.06. The first kappa shape index (κ1) is 14.4. The first-order valence-corrected chi connectivity index (χ1v) is 7.74. The van der Waals surface area contributed by atoms with E-state index in [9.17, 15) is 8.42 Å². The van der Waals surface area contributed by atoms with Crippen molar-refractivity contribution in [2.75, 3.05) is 13.7 Å². The zero-order valence-corrected chi connectivity index (χ0v) is 11.6. The van der Waals surface area contributed by atoms with Gasteiger partial charge in [0.15, 0.2) is 4.21 Å². The van der Waals surface area contributed by atoms with Gasteiger partial charge in [0.25, 0.3) is 10.0 Å². The van der Waals surface area contributed by atoms with Crippen molar-refractivity contribution in [1.82, 2.24) is 4.72 Å². The summed E-state index contributed by atoms with van der Waals surface area (Å²) in [6.45, 7) is 2.26. The lowest BCUT2D eigenvalue weighted by Crippen LogP contribution is -2.36. The third kappa shape index (κ3) is 3.95. The number of nitrogens with one attached hydrogen (secondary N) is 1. The third-order valence-corrected chi connectivity index (χ3v) is 5.13. The van der Waals surface area contributed by atoms with Crippen LogP contribution in [-0.2, 0) is 10.0 Å². The number of thiophene rings is 1. The van der Waals surface area contributed by atoms with Gasteiger partial charge < -0.3 is 10.5 Å². The van der Waals surface area contributed by atoms with Gasteiger partial charge in [-0.05, 0) is 17.9 Å². The zero-order chi connectivity index (χ0) is 12.9. The minimum absolute atomic E-state index is 0.152. The van der Waals surface area contributed by atoms with Gasteiger partial charge in [-0.3, -0.25) is 0 Å². The topological polar surface area (TPSA) is 81.4 Å². The molecule has 0 saturated heterocycles. The van der Waals surface area contributed by atoms with Crippen molar-refractivity contribution in [3.8, 4) is 5.75 Å². The molecule has 5 nitrogen and oxygen atoms in total. The van der Waals surface area contributed by atoms with Crippen LogP contribution in [0.2, 0.25) is 0 Å². The molecule has 1 atom stereocenters. The molecule has 0 fully saturated rings. The molecule has 0 amide bonds. The summed E-state index contributed by atoms with van der Waals surface area (Å²) in [5.41, 5.74) is 5.76. The number of ether oxygens (including phenoxy) is 1. The molecule has 0 aliphatic carbocycles. The molecule has 0 bridgehead atoms. The van der Waals surface area contributed by atoms with Gasteiger partial charge in [-0.1, -0.05) is 13.3 Å². The highest BCUT2D eigenvalue weighted by atomic mass is 32.2. The lowest BCUT2D eigenvalue weighted by molar-refractivity contribution is 0.406. The third-order valence-electron chi connectivity index (χ3n) is 2.25. The maximum Gasteiger partial charge on any atom is 0.253 e. The van der Waals surface area contributed by atoms with Crippen molar-refractivity contribution in [1.29, 1.82) is 0 Å². The van der Waals surface area contributed by atoms with E-state index in [1.54, 1.807) is 11.4 Å². The van der Waals surface area contributed by atoms with Crippen molar-refractivity contribution in [3.05, 3.63) is 11.4 Å². The molecule has 1 aromatic rings. The van der Waals surface area contributed by atoms with E-state index in [2.05, 4.69) is 4.72 Å². The van der Waals surface area contributed by atoms with Gasteiger partial charge in [-0.25, -0.2) is 13.1 Å². The minimum Gasteiger partial charge on any atom is -0.494 e. The summed E-state index contributed by atoms with van der Waals surface area (Å²) in [6, 6.07) is 1.48. The Morgan fingerprint density at radius 3 is 2.88 bits per heavy atom. The molecule has 0 spiro atoms. The Morgan fingerprint density at radius 2 is 2.29 bits per heavy atom. The molecule has 98 valence electrons. The fourth-order valence-corrected chi connectivity index (χ4v) is 3.80. The Bertz CT molecular complexity index is 442. The van der Waals surface area contributed by atoms with Gasteiger partial charge in [0, 0.05) is 12.6 Å². The summed E-state index contributed by atoms with van der Waals surface area (Å²) in [5.74, 6) is 0.367. The van der Waals surface area contributed by atoms with Gasteiger partial charge >= 0.3 is 0 Å². The van der Waals surface area contributed by atoms with Crippen molar-refractivity contribution in [2.24, 2.45) is 5.73 Å². The highest BCUT2D eigenvalue weighted by Crippen LogP contribution is 2.28. The van der Waals surface area contributed by atoms with Crippen LogP contribution in [0.1, 0.15) is 19.8 Å². The normalized spacial score (nSPS) is 13.6. The molecule has 7 heteroatoms. The SMILES string of the molecule is CCC[C@@H](N)CNS(=O)(=O)c1sccc1OC. The van der Waals surface area contributed by atoms with E-state index in [4.69, 9.17) is 10.5 Å². The van der Waals surface area contributed by atoms with E-state index in [1.807, 2.05) is 6.92 Å². The largest absolute Gasteiger partial charge is 0.494 e. The monoisotopic (exact) mass is 278 g/mol. The highest BCUT2D eigenvalue weighted by molar-refractivity contribution is 7.91. The first-order chi connectivity index (χ1) is 8.01. The molecule has 0 aliphatic heterocycles. The minimum atomic E-state index is -3.51. The van der Waals surface area contributed by atoms with Crippen LogP contribution in [0.15, 0.2) is 15.7 Å². The maximum atomic E-state index is 11.9. The molecule has 1 aromatic heterocycles. The maximum absolute atomic E-state index is 11.9. The summed E-state index contributed by atoms with van der Waals surface area (Å²) in [4.78, 5) is 0. The fraction of sp³-hybridized carbons (Fsp3) is 0.600. The molecule has 1 heterocycles. The summed E-state index contributed by atoms with van der Waals surface area (Å²) < 4.78 is 31.6. The standard InChI is InChI=1S/C10H18N2O3S2/c1-3-4-8(11)7-12-17(13,14)10-9(15-2)5-6-16-10/h5-6,8,12H,3-4,7,11H2,1-2H3/t8-/m1/s1. The average Bonchev–Trinajstić information content (AvgIpc) is 2.76. The van der Waals surface area contributed by atoms with E-state index < -0.39 is 10.0 Å². The van der Waals surface area contributed by atoms with E-state index in [1.165, 1.54) is 7.11 Å². The number of sulfonamides is 1. The number of methoxy groups -OCH3 is 1. The molecule has 0 saturated carbocycles. The van der Waals surface area contributed by atoms with E-state index in [0.29, 0.717) is 5.75 Å². The number of hydrogen-bond donors (Lipinski definition) is 2. The van der Waals surface area contributed by atoms with Crippen molar-refractivity contribution < 1.29 is 13.2 Å². The molecule has 17 heavy (non-hydrogen) atoms. The Morgan fingerprint density at radius 1 is 1.59 bits per heavy atom. The average molecular weight is 278 g/mol. The lowest BCUT2D eigenvalue weighted by Gasteiger charge is -2.11. The predicted molar refractivity (Wildman–Crippen MR) is 68.9 cm³/mol. The van der Waals surface area contributed by atoms with Crippen LogP contribution in [-0.4, -0.2) is 28.1 Å². The summed E-state index contributed by atoms with van der Waals surface area (Å²) >= 11 is 1.13. The second-order valence-electron chi connectivity index (χ2n) is 3.68. The molecule has 0 aromatic carbocycles. The highest BCUT2D eigenvalue weighted by Gasteiger charge is 2.21. The van der Waals surface area contributed by atoms with Gasteiger partial charge in [0.05, 0.1) is 7.11 Å². The smallest absolute Gasteiger partial charge is 0.253 e. The second-order valence-corrected chi connectivity index (χ2v) is 6.56. The number of rotatable bonds is 7. The van der Waals surface area contributed by atoms with Gasteiger partial charge in [0.2, 0.25) is 0 Å². The fourth-order valence-electron chi connectivity index (χ4n) is 1.39. The van der Waals surface area contributed by atoms with Gasteiger partial charge in [-0.2, -0.15) is 0 Å². The molecular weight excluding hydrogens is 260 g/mol. The summed E-state index contributed by atoms with van der Waals surface area (Å²) in [6.07, 6.45) is 1.73. The molecule has 3 N–H and O–H groups in total. The van der Waals surface area contributed by atoms with Crippen LogP contribution in [0.25, 0.3) is 0 Å². The summed E-state index contributed by atoms with van der Waals surface area (Å²) in [5, 5.41) is 1.68. The van der Waals surface area contributed by atoms with Gasteiger partial charge in [-0.15, -0.1) is 11.3 Å². The molecule has 0 unspecified atom stereocenters. The van der Waals surface area contributed by atoms with E-state index in [-0.39, 0.29) is 16.8 Å². The number of nitrogens with two attached hydrogens (primary N) is 1. The zero-order valence-electron chi connectivity index (χ0n) is 9.97. The van der Waals surface area contributed by atoms with E-state index >= 15 is 0 Å².